The Hall–Kier alpha value is -1.26. The summed E-state index contributed by atoms with van der Waals surface area (Å²) >= 11 is 0. The number of amides is 1. The van der Waals surface area contributed by atoms with Crippen LogP contribution < -0.4 is 5.73 Å². The molecule has 0 radical (unpaired) electrons. The van der Waals surface area contributed by atoms with Gasteiger partial charge in [0.05, 0.1) is 0 Å². The normalized spacial score (nSPS) is 19.5. The van der Waals surface area contributed by atoms with Gasteiger partial charge >= 0.3 is 0 Å². The zero-order chi connectivity index (χ0) is 14.4. The fourth-order valence-corrected chi connectivity index (χ4v) is 2.98. The third kappa shape index (κ3) is 3.85. The fraction of sp³-hybridized carbons (Fsp3) is 0.857. The topological polar surface area (TPSA) is 78.9 Å². The standard InChI is InChI=1S/C14H27N3O2/c1-4-17(11-8-6-5-7-9-11)14(18)12(10(2)3)13(15)16-19/h10-12,19H,4-9H2,1-3H3,(H2,15,16). The second kappa shape index (κ2) is 7.36. The summed E-state index contributed by atoms with van der Waals surface area (Å²) in [5, 5.41) is 11.9. The minimum absolute atomic E-state index is 0.000278. The van der Waals surface area contributed by atoms with E-state index < -0.39 is 5.92 Å². The van der Waals surface area contributed by atoms with Crippen molar-refractivity contribution >= 4 is 11.7 Å². The van der Waals surface area contributed by atoms with Crippen LogP contribution in [0.1, 0.15) is 52.9 Å². The van der Waals surface area contributed by atoms with Gasteiger partial charge < -0.3 is 15.8 Å². The molecule has 0 saturated heterocycles. The number of hydrogen-bond acceptors (Lipinski definition) is 3. The first-order chi connectivity index (χ1) is 9.02. The van der Waals surface area contributed by atoms with Crippen molar-refractivity contribution in [2.75, 3.05) is 6.54 Å². The molecule has 3 N–H and O–H groups in total. The second-order valence-electron chi connectivity index (χ2n) is 5.66. The highest BCUT2D eigenvalue weighted by Crippen LogP contribution is 2.25. The third-order valence-corrected chi connectivity index (χ3v) is 4.01. The average molecular weight is 269 g/mol. The molecule has 1 saturated carbocycles. The lowest BCUT2D eigenvalue weighted by atomic mass is 9.89. The highest BCUT2D eigenvalue weighted by molar-refractivity contribution is 6.02. The smallest absolute Gasteiger partial charge is 0.233 e. The van der Waals surface area contributed by atoms with Crippen LogP contribution >= 0.6 is 0 Å². The molecule has 1 amide bonds. The quantitative estimate of drug-likeness (QED) is 0.347. The van der Waals surface area contributed by atoms with E-state index in [0.717, 1.165) is 12.8 Å². The molecule has 5 nitrogen and oxygen atoms in total. The minimum Gasteiger partial charge on any atom is -0.409 e. The van der Waals surface area contributed by atoms with Gasteiger partial charge in [-0.25, -0.2) is 0 Å². The number of carbonyl (C=O) groups excluding carboxylic acids is 1. The Morgan fingerprint density at radius 3 is 2.37 bits per heavy atom. The highest BCUT2D eigenvalue weighted by Gasteiger charge is 2.33. The summed E-state index contributed by atoms with van der Waals surface area (Å²) in [6.07, 6.45) is 5.77. The van der Waals surface area contributed by atoms with Crippen LogP contribution in [0.2, 0.25) is 0 Å². The van der Waals surface area contributed by atoms with Gasteiger partial charge in [0.15, 0.2) is 5.84 Å². The summed E-state index contributed by atoms with van der Waals surface area (Å²) in [7, 11) is 0. The van der Waals surface area contributed by atoms with Gasteiger partial charge in [0.25, 0.3) is 0 Å². The van der Waals surface area contributed by atoms with E-state index in [4.69, 9.17) is 10.9 Å². The Balaban J connectivity index is 2.85. The van der Waals surface area contributed by atoms with Crippen LogP contribution in [0.4, 0.5) is 0 Å². The molecule has 0 aromatic rings. The van der Waals surface area contributed by atoms with Gasteiger partial charge in [-0.15, -0.1) is 0 Å². The first-order valence-electron chi connectivity index (χ1n) is 7.30. The van der Waals surface area contributed by atoms with Gasteiger partial charge in [-0.1, -0.05) is 38.3 Å². The molecule has 0 heterocycles. The number of oxime groups is 1. The molecule has 110 valence electrons. The Bertz CT molecular complexity index is 323. The van der Waals surface area contributed by atoms with Crippen molar-refractivity contribution < 1.29 is 10.0 Å². The maximum atomic E-state index is 12.7. The Kier molecular flexibility index (Phi) is 6.12. The SMILES string of the molecule is CCN(C(=O)C(C(N)=NO)C(C)C)C1CCCCC1. The molecule has 1 rings (SSSR count). The van der Waals surface area contributed by atoms with Crippen molar-refractivity contribution in [3.05, 3.63) is 0 Å². The van der Waals surface area contributed by atoms with Crippen LogP contribution in [-0.4, -0.2) is 34.4 Å². The van der Waals surface area contributed by atoms with Crippen molar-refractivity contribution in [3.8, 4) is 0 Å². The van der Waals surface area contributed by atoms with Crippen LogP contribution in [0.3, 0.4) is 0 Å². The molecule has 0 aromatic heterocycles. The minimum atomic E-state index is -0.521. The molecule has 0 bridgehead atoms. The van der Waals surface area contributed by atoms with E-state index in [1.807, 2.05) is 25.7 Å². The predicted octanol–water partition coefficient (Wildman–Crippen LogP) is 2.19. The third-order valence-electron chi connectivity index (χ3n) is 4.01. The molecule has 1 fully saturated rings. The summed E-state index contributed by atoms with van der Waals surface area (Å²) in [6.45, 7) is 6.53. The monoisotopic (exact) mass is 269 g/mol. The zero-order valence-electron chi connectivity index (χ0n) is 12.3. The molecular formula is C14H27N3O2. The fourth-order valence-electron chi connectivity index (χ4n) is 2.98. The lowest BCUT2D eigenvalue weighted by Gasteiger charge is -2.36. The van der Waals surface area contributed by atoms with Crippen LogP contribution in [0.15, 0.2) is 5.16 Å². The Morgan fingerprint density at radius 2 is 1.95 bits per heavy atom. The molecule has 1 atom stereocenters. The molecular weight excluding hydrogens is 242 g/mol. The maximum absolute atomic E-state index is 12.7. The summed E-state index contributed by atoms with van der Waals surface area (Å²) in [5.74, 6) is -0.470. The van der Waals surface area contributed by atoms with Gasteiger partial charge in [0.1, 0.15) is 5.92 Å². The van der Waals surface area contributed by atoms with Crippen molar-refractivity contribution in [1.29, 1.82) is 0 Å². The van der Waals surface area contributed by atoms with Crippen LogP contribution in [0, 0.1) is 11.8 Å². The maximum Gasteiger partial charge on any atom is 0.233 e. The average Bonchev–Trinajstić information content (AvgIpc) is 2.40. The summed E-state index contributed by atoms with van der Waals surface area (Å²) in [5.41, 5.74) is 5.69. The van der Waals surface area contributed by atoms with E-state index in [-0.39, 0.29) is 17.7 Å². The van der Waals surface area contributed by atoms with E-state index in [2.05, 4.69) is 5.16 Å². The van der Waals surface area contributed by atoms with Crippen molar-refractivity contribution in [2.45, 2.75) is 58.9 Å². The van der Waals surface area contributed by atoms with E-state index in [1.54, 1.807) is 0 Å². The summed E-state index contributed by atoms with van der Waals surface area (Å²) < 4.78 is 0. The first kappa shape index (κ1) is 15.8. The zero-order valence-corrected chi connectivity index (χ0v) is 12.3. The molecule has 1 unspecified atom stereocenters. The number of hydrogen-bond donors (Lipinski definition) is 2. The molecule has 1 aliphatic carbocycles. The number of amidine groups is 1. The van der Waals surface area contributed by atoms with Crippen LogP contribution in [0.5, 0.6) is 0 Å². The van der Waals surface area contributed by atoms with Gasteiger partial charge in [-0.05, 0) is 25.7 Å². The van der Waals surface area contributed by atoms with Gasteiger partial charge in [0.2, 0.25) is 5.91 Å². The molecule has 19 heavy (non-hydrogen) atoms. The Labute approximate surface area is 115 Å². The van der Waals surface area contributed by atoms with Gasteiger partial charge in [0, 0.05) is 12.6 Å². The van der Waals surface area contributed by atoms with E-state index in [0.29, 0.717) is 12.6 Å². The highest BCUT2D eigenvalue weighted by atomic mass is 16.4. The van der Waals surface area contributed by atoms with Gasteiger partial charge in [-0.2, -0.15) is 0 Å². The molecule has 0 aliphatic heterocycles. The van der Waals surface area contributed by atoms with Crippen LogP contribution in [-0.2, 0) is 4.79 Å². The number of carbonyl (C=O) groups is 1. The first-order valence-corrected chi connectivity index (χ1v) is 7.30. The number of nitrogens with two attached hydrogens (primary N) is 1. The Morgan fingerprint density at radius 1 is 1.37 bits per heavy atom. The van der Waals surface area contributed by atoms with Crippen molar-refractivity contribution in [2.24, 2.45) is 22.7 Å². The number of nitrogens with zero attached hydrogens (tertiary/aromatic N) is 2. The van der Waals surface area contributed by atoms with Gasteiger partial charge in [-0.3, -0.25) is 4.79 Å². The predicted molar refractivity (Wildman–Crippen MR) is 76.0 cm³/mol. The summed E-state index contributed by atoms with van der Waals surface area (Å²) in [6, 6.07) is 0.319. The van der Waals surface area contributed by atoms with E-state index in [9.17, 15) is 4.79 Å². The largest absolute Gasteiger partial charge is 0.409 e. The molecule has 1 aliphatic rings. The van der Waals surface area contributed by atoms with Crippen LogP contribution in [0.25, 0.3) is 0 Å². The van der Waals surface area contributed by atoms with Crippen molar-refractivity contribution in [1.82, 2.24) is 4.90 Å². The summed E-state index contributed by atoms with van der Waals surface area (Å²) in [4.78, 5) is 14.6. The second-order valence-corrected chi connectivity index (χ2v) is 5.66. The number of rotatable bonds is 5. The van der Waals surface area contributed by atoms with E-state index in [1.165, 1.54) is 19.3 Å². The van der Waals surface area contributed by atoms with Crippen molar-refractivity contribution in [3.63, 3.8) is 0 Å². The molecule has 5 heteroatoms. The lowest BCUT2D eigenvalue weighted by Crippen LogP contribution is -2.49. The molecule has 0 spiro atoms. The van der Waals surface area contributed by atoms with E-state index >= 15 is 0 Å². The lowest BCUT2D eigenvalue weighted by molar-refractivity contribution is -0.137. The molecule has 0 aromatic carbocycles.